The van der Waals surface area contributed by atoms with Gasteiger partial charge in [0.1, 0.15) is 0 Å². The van der Waals surface area contributed by atoms with Crippen LogP contribution in [0.2, 0.25) is 0 Å². The van der Waals surface area contributed by atoms with Gasteiger partial charge in [-0.05, 0) is 30.4 Å². The summed E-state index contributed by atoms with van der Waals surface area (Å²) in [6.45, 7) is 3.60. The lowest BCUT2D eigenvalue weighted by Gasteiger charge is -2.25. The number of hydrogen-bond acceptors (Lipinski definition) is 3. The lowest BCUT2D eigenvalue weighted by atomic mass is 9.88. The molecule has 3 N–H and O–H groups in total. The van der Waals surface area contributed by atoms with E-state index in [9.17, 15) is 9.90 Å². The Bertz CT molecular complexity index is 607. The van der Waals surface area contributed by atoms with Crippen LogP contribution < -0.4 is 5.73 Å². The molecule has 116 valence electrons. The van der Waals surface area contributed by atoms with Crippen molar-refractivity contribution in [2.45, 2.75) is 32.4 Å². The average Bonchev–Trinajstić information content (AvgIpc) is 2.54. The Morgan fingerprint density at radius 1 is 1.09 bits per heavy atom. The van der Waals surface area contributed by atoms with Crippen LogP contribution in [0.4, 0.5) is 0 Å². The second kappa shape index (κ2) is 7.34. The zero-order valence-corrected chi connectivity index (χ0v) is 13.1. The molecule has 0 saturated heterocycles. The quantitative estimate of drug-likeness (QED) is 0.805. The van der Waals surface area contributed by atoms with E-state index in [-0.39, 0.29) is 17.7 Å². The number of Topliss-reactive ketones (excluding diaryl/α,β-unsaturated/α-hetero) is 1. The number of aliphatic hydroxyl groups is 1. The summed E-state index contributed by atoms with van der Waals surface area (Å²) in [5.74, 6) is 0.189. The summed E-state index contributed by atoms with van der Waals surface area (Å²) in [5.41, 5.74) is 8.89. The highest BCUT2D eigenvalue weighted by Gasteiger charge is 2.22. The van der Waals surface area contributed by atoms with Crippen LogP contribution in [0, 0.1) is 5.92 Å². The van der Waals surface area contributed by atoms with Crippen molar-refractivity contribution in [3.05, 3.63) is 71.3 Å². The standard InChI is InChI=1S/C19H23NO2/c1-13(12-15-8-10-16(11-9-15)14(2)21)18(20)19(22)17-6-4-3-5-7-17/h3-11,13,18-19,22H,12,20H2,1-2H3/t13?,18-,19-/m1/s1. The topological polar surface area (TPSA) is 63.3 Å². The van der Waals surface area contributed by atoms with Gasteiger partial charge >= 0.3 is 0 Å². The maximum atomic E-state index is 11.3. The number of benzene rings is 2. The van der Waals surface area contributed by atoms with Gasteiger partial charge < -0.3 is 10.8 Å². The molecule has 0 fully saturated rings. The highest BCUT2D eigenvalue weighted by molar-refractivity contribution is 5.93. The molecule has 1 unspecified atom stereocenters. The van der Waals surface area contributed by atoms with Crippen LogP contribution in [0.1, 0.15) is 41.4 Å². The number of hydrogen-bond donors (Lipinski definition) is 2. The number of carbonyl (C=O) groups excluding carboxylic acids is 1. The second-order valence-corrected chi connectivity index (χ2v) is 5.87. The van der Waals surface area contributed by atoms with Gasteiger partial charge in [-0.1, -0.05) is 61.5 Å². The summed E-state index contributed by atoms with van der Waals surface area (Å²) in [4.78, 5) is 11.3. The van der Waals surface area contributed by atoms with Crippen LogP contribution in [0.3, 0.4) is 0 Å². The Balaban J connectivity index is 2.01. The molecule has 0 spiro atoms. The van der Waals surface area contributed by atoms with Crippen LogP contribution in [-0.4, -0.2) is 16.9 Å². The van der Waals surface area contributed by atoms with Gasteiger partial charge in [-0.25, -0.2) is 0 Å². The summed E-state index contributed by atoms with van der Waals surface area (Å²) in [7, 11) is 0. The van der Waals surface area contributed by atoms with E-state index < -0.39 is 6.10 Å². The van der Waals surface area contributed by atoms with E-state index in [0.29, 0.717) is 5.56 Å². The molecular weight excluding hydrogens is 274 g/mol. The predicted octanol–water partition coefficient (Wildman–Crippen LogP) is 3.13. The van der Waals surface area contributed by atoms with Crippen molar-refractivity contribution in [2.24, 2.45) is 11.7 Å². The molecular formula is C19H23NO2. The molecule has 0 radical (unpaired) electrons. The Morgan fingerprint density at radius 3 is 2.23 bits per heavy atom. The summed E-state index contributed by atoms with van der Waals surface area (Å²) >= 11 is 0. The molecule has 0 heterocycles. The molecule has 0 amide bonds. The second-order valence-electron chi connectivity index (χ2n) is 5.87. The third kappa shape index (κ3) is 4.03. The minimum atomic E-state index is -0.673. The number of nitrogens with two attached hydrogens (primary N) is 1. The molecule has 3 nitrogen and oxygen atoms in total. The maximum Gasteiger partial charge on any atom is 0.159 e. The maximum absolute atomic E-state index is 11.3. The molecule has 3 heteroatoms. The van der Waals surface area contributed by atoms with Crippen LogP contribution in [-0.2, 0) is 6.42 Å². The lowest BCUT2D eigenvalue weighted by Crippen LogP contribution is -2.36. The smallest absolute Gasteiger partial charge is 0.159 e. The number of carbonyl (C=O) groups is 1. The monoisotopic (exact) mass is 297 g/mol. The van der Waals surface area contributed by atoms with Crippen LogP contribution in [0.15, 0.2) is 54.6 Å². The van der Waals surface area contributed by atoms with E-state index >= 15 is 0 Å². The highest BCUT2D eigenvalue weighted by atomic mass is 16.3. The fourth-order valence-electron chi connectivity index (χ4n) is 2.57. The van der Waals surface area contributed by atoms with Crippen molar-refractivity contribution in [3.8, 4) is 0 Å². The normalized spacial score (nSPS) is 15.1. The van der Waals surface area contributed by atoms with Crippen LogP contribution >= 0.6 is 0 Å². The minimum absolute atomic E-state index is 0.0656. The first-order chi connectivity index (χ1) is 10.5. The van der Waals surface area contributed by atoms with Crippen molar-refractivity contribution >= 4 is 5.78 Å². The van der Waals surface area contributed by atoms with Crippen LogP contribution in [0.5, 0.6) is 0 Å². The molecule has 0 aliphatic rings. The van der Waals surface area contributed by atoms with Crippen LogP contribution in [0.25, 0.3) is 0 Å². The first-order valence-electron chi connectivity index (χ1n) is 7.57. The Kier molecular flexibility index (Phi) is 5.47. The molecule has 22 heavy (non-hydrogen) atoms. The third-order valence-electron chi connectivity index (χ3n) is 4.08. The van der Waals surface area contributed by atoms with E-state index in [1.54, 1.807) is 6.92 Å². The lowest BCUT2D eigenvalue weighted by molar-refractivity contribution is 0.101. The van der Waals surface area contributed by atoms with Crippen molar-refractivity contribution in [1.82, 2.24) is 0 Å². The van der Waals surface area contributed by atoms with E-state index in [0.717, 1.165) is 17.5 Å². The van der Waals surface area contributed by atoms with Crippen molar-refractivity contribution < 1.29 is 9.90 Å². The highest BCUT2D eigenvalue weighted by Crippen LogP contribution is 2.22. The molecule has 2 rings (SSSR count). The molecule has 0 aromatic heterocycles. The molecule has 0 aliphatic heterocycles. The SMILES string of the molecule is CC(=O)c1ccc(CC(C)[C@@H](N)[C@H](O)c2ccccc2)cc1. The van der Waals surface area contributed by atoms with Gasteiger partial charge in [0.25, 0.3) is 0 Å². The van der Waals surface area contributed by atoms with Gasteiger partial charge in [-0.3, -0.25) is 4.79 Å². The zero-order chi connectivity index (χ0) is 16.1. The van der Waals surface area contributed by atoms with Gasteiger partial charge in [0.2, 0.25) is 0 Å². The average molecular weight is 297 g/mol. The first kappa shape index (κ1) is 16.4. The van der Waals surface area contributed by atoms with Gasteiger partial charge in [0, 0.05) is 11.6 Å². The first-order valence-corrected chi connectivity index (χ1v) is 7.57. The molecule has 0 aliphatic carbocycles. The van der Waals surface area contributed by atoms with Crippen molar-refractivity contribution in [3.63, 3.8) is 0 Å². The van der Waals surface area contributed by atoms with E-state index in [2.05, 4.69) is 0 Å². The fraction of sp³-hybridized carbons (Fsp3) is 0.316. The number of aliphatic hydroxyl groups excluding tert-OH is 1. The van der Waals surface area contributed by atoms with Gasteiger partial charge in [-0.15, -0.1) is 0 Å². The van der Waals surface area contributed by atoms with E-state index in [1.165, 1.54) is 0 Å². The molecule has 0 bridgehead atoms. The van der Waals surface area contributed by atoms with Gasteiger partial charge in [-0.2, -0.15) is 0 Å². The summed E-state index contributed by atoms with van der Waals surface area (Å²) in [5, 5.41) is 10.4. The van der Waals surface area contributed by atoms with Crippen molar-refractivity contribution in [1.29, 1.82) is 0 Å². The number of rotatable bonds is 6. The van der Waals surface area contributed by atoms with Gasteiger partial charge in [0.15, 0.2) is 5.78 Å². The summed E-state index contributed by atoms with van der Waals surface area (Å²) in [6.07, 6.45) is 0.0937. The summed E-state index contributed by atoms with van der Waals surface area (Å²) < 4.78 is 0. The molecule has 2 aromatic carbocycles. The van der Waals surface area contributed by atoms with E-state index in [1.807, 2.05) is 61.5 Å². The van der Waals surface area contributed by atoms with Gasteiger partial charge in [0.05, 0.1) is 6.10 Å². The Labute approximate surface area is 131 Å². The molecule has 0 saturated carbocycles. The Hall–Kier alpha value is -1.97. The van der Waals surface area contributed by atoms with E-state index in [4.69, 9.17) is 5.73 Å². The summed E-state index contributed by atoms with van der Waals surface area (Å²) in [6, 6.07) is 16.7. The van der Waals surface area contributed by atoms with Crippen molar-refractivity contribution in [2.75, 3.05) is 0 Å². The Morgan fingerprint density at radius 2 is 1.68 bits per heavy atom. The largest absolute Gasteiger partial charge is 0.387 e. The predicted molar refractivity (Wildman–Crippen MR) is 88.7 cm³/mol. The minimum Gasteiger partial charge on any atom is -0.387 e. The molecule has 2 aromatic rings. The molecule has 3 atom stereocenters. The number of ketones is 1. The zero-order valence-electron chi connectivity index (χ0n) is 13.1. The third-order valence-corrected chi connectivity index (χ3v) is 4.08. The fourth-order valence-corrected chi connectivity index (χ4v) is 2.57.